The quantitative estimate of drug-likeness (QED) is 0.594. The second-order valence-electron chi connectivity index (χ2n) is 5.06. The predicted molar refractivity (Wildman–Crippen MR) is 99.6 cm³/mol. The van der Waals surface area contributed by atoms with E-state index in [1.54, 1.807) is 22.5 Å². The molecule has 120 valence electrons. The fourth-order valence-corrected chi connectivity index (χ4v) is 3.71. The van der Waals surface area contributed by atoms with E-state index in [9.17, 15) is 0 Å². The molecule has 0 unspecified atom stereocenters. The van der Waals surface area contributed by atoms with Crippen LogP contribution < -0.4 is 0 Å². The summed E-state index contributed by atoms with van der Waals surface area (Å²) in [5.41, 5.74) is 2.58. The fraction of sp³-hybridized carbons (Fsp3) is 0.0625. The van der Waals surface area contributed by atoms with Crippen molar-refractivity contribution in [3.63, 3.8) is 0 Å². The van der Waals surface area contributed by atoms with Gasteiger partial charge in [-0.25, -0.2) is 0 Å². The van der Waals surface area contributed by atoms with Gasteiger partial charge in [0.05, 0.1) is 20.8 Å². The minimum atomic E-state index is 0.503. The number of fused-ring (bicyclic) bond motifs is 1. The molecule has 3 aromatic rings. The Bertz CT molecular complexity index is 968. The van der Waals surface area contributed by atoms with Crippen molar-refractivity contribution in [1.82, 2.24) is 14.9 Å². The molecule has 0 atom stereocenters. The van der Waals surface area contributed by atoms with E-state index in [0.717, 1.165) is 22.0 Å². The summed E-state index contributed by atoms with van der Waals surface area (Å²) in [6, 6.07) is 13.0. The Kier molecular flexibility index (Phi) is 4.26. The average Bonchev–Trinajstić information content (AvgIpc) is 3.01. The van der Waals surface area contributed by atoms with Crippen LogP contribution in [0.3, 0.4) is 0 Å². The molecule has 8 heteroatoms. The summed E-state index contributed by atoms with van der Waals surface area (Å²) in [5.74, 6) is 1.29. The smallest absolute Gasteiger partial charge is 0.186 e. The lowest BCUT2D eigenvalue weighted by atomic mass is 10.1. The molecule has 0 amide bonds. The maximum Gasteiger partial charge on any atom is 0.212 e. The molecule has 0 aliphatic carbocycles. The van der Waals surface area contributed by atoms with Gasteiger partial charge >= 0.3 is 0 Å². The van der Waals surface area contributed by atoms with Crippen LogP contribution in [0.2, 0.25) is 15.1 Å². The molecule has 0 radical (unpaired) electrons. The van der Waals surface area contributed by atoms with Crippen LogP contribution in [0.25, 0.3) is 11.4 Å². The number of nitrogens with zero attached hydrogens (tertiary/aromatic N) is 4. The van der Waals surface area contributed by atoms with Gasteiger partial charge in [-0.1, -0.05) is 64.8 Å². The monoisotopic (exact) mass is 394 g/mol. The summed E-state index contributed by atoms with van der Waals surface area (Å²) in [4.78, 5) is 0. The van der Waals surface area contributed by atoms with E-state index in [2.05, 4.69) is 10.2 Å². The minimum absolute atomic E-state index is 0.503. The van der Waals surface area contributed by atoms with Crippen molar-refractivity contribution >= 4 is 52.3 Å². The van der Waals surface area contributed by atoms with Crippen LogP contribution in [0, 0.1) is 0 Å². The van der Waals surface area contributed by atoms with Gasteiger partial charge in [0.1, 0.15) is 0 Å². The van der Waals surface area contributed by atoms with E-state index in [1.165, 1.54) is 0 Å². The summed E-state index contributed by atoms with van der Waals surface area (Å²) in [6.45, 7) is 0. The molecule has 0 saturated heterocycles. The number of hydrogen-bond donors (Lipinski definition) is 0. The van der Waals surface area contributed by atoms with Gasteiger partial charge in [0.2, 0.25) is 5.16 Å². The second kappa shape index (κ2) is 6.41. The largest absolute Gasteiger partial charge is 0.212 e. The van der Waals surface area contributed by atoms with Crippen molar-refractivity contribution in [2.24, 2.45) is 5.10 Å². The van der Waals surface area contributed by atoms with Crippen LogP contribution in [0.15, 0.2) is 52.7 Å². The van der Waals surface area contributed by atoms with Crippen molar-refractivity contribution in [2.45, 2.75) is 5.16 Å². The number of halogens is 3. The number of thioether (sulfide) groups is 1. The van der Waals surface area contributed by atoms with Crippen LogP contribution in [0.5, 0.6) is 0 Å². The van der Waals surface area contributed by atoms with E-state index in [4.69, 9.17) is 39.9 Å². The molecule has 0 bridgehead atoms. The fourth-order valence-electron chi connectivity index (χ4n) is 2.36. The summed E-state index contributed by atoms with van der Waals surface area (Å²) in [7, 11) is 0. The van der Waals surface area contributed by atoms with Crippen LogP contribution in [0.4, 0.5) is 0 Å². The molecule has 1 aliphatic heterocycles. The first-order valence-electron chi connectivity index (χ1n) is 7.00. The highest BCUT2D eigenvalue weighted by molar-refractivity contribution is 7.99. The van der Waals surface area contributed by atoms with Gasteiger partial charge < -0.3 is 0 Å². The Morgan fingerprint density at radius 2 is 1.75 bits per heavy atom. The predicted octanol–water partition coefficient (Wildman–Crippen LogP) is 5.26. The third-order valence-electron chi connectivity index (χ3n) is 3.54. The average molecular weight is 396 g/mol. The van der Waals surface area contributed by atoms with Crippen LogP contribution in [-0.4, -0.2) is 26.3 Å². The number of aromatic nitrogens is 3. The highest BCUT2D eigenvalue weighted by atomic mass is 35.5. The molecule has 4 rings (SSSR count). The van der Waals surface area contributed by atoms with Gasteiger partial charge in [0, 0.05) is 16.9 Å². The SMILES string of the molecule is Clc1ccc(C2=Nn3c(nnc3-c3ccccc3Cl)SC2)cc1Cl. The van der Waals surface area contributed by atoms with Gasteiger partial charge in [-0.2, -0.15) is 9.78 Å². The lowest BCUT2D eigenvalue weighted by Crippen LogP contribution is -2.13. The highest BCUT2D eigenvalue weighted by Gasteiger charge is 2.22. The van der Waals surface area contributed by atoms with Gasteiger partial charge in [-0.3, -0.25) is 0 Å². The lowest BCUT2D eigenvalue weighted by Gasteiger charge is -2.14. The number of rotatable bonds is 2. The summed E-state index contributed by atoms with van der Waals surface area (Å²) in [5, 5.41) is 15.5. The van der Waals surface area contributed by atoms with Crippen molar-refractivity contribution in [2.75, 3.05) is 5.75 Å². The van der Waals surface area contributed by atoms with Gasteiger partial charge in [0.15, 0.2) is 5.82 Å². The molecule has 1 aliphatic rings. The first-order chi connectivity index (χ1) is 11.6. The zero-order chi connectivity index (χ0) is 16.7. The molecule has 1 aromatic heterocycles. The van der Waals surface area contributed by atoms with Crippen molar-refractivity contribution in [3.8, 4) is 11.4 Å². The van der Waals surface area contributed by atoms with Crippen molar-refractivity contribution in [1.29, 1.82) is 0 Å². The number of hydrogen-bond acceptors (Lipinski definition) is 4. The van der Waals surface area contributed by atoms with Crippen LogP contribution >= 0.6 is 46.6 Å². The zero-order valence-corrected chi connectivity index (χ0v) is 15.2. The van der Waals surface area contributed by atoms with E-state index in [-0.39, 0.29) is 0 Å². The summed E-state index contributed by atoms with van der Waals surface area (Å²) in [6.07, 6.45) is 0. The second-order valence-corrected chi connectivity index (χ2v) is 7.23. The first-order valence-corrected chi connectivity index (χ1v) is 9.12. The van der Waals surface area contributed by atoms with E-state index < -0.39 is 0 Å². The first kappa shape index (κ1) is 16.0. The van der Waals surface area contributed by atoms with Crippen molar-refractivity contribution in [3.05, 3.63) is 63.1 Å². The summed E-state index contributed by atoms with van der Waals surface area (Å²) >= 11 is 20.0. The minimum Gasteiger partial charge on any atom is -0.186 e. The van der Waals surface area contributed by atoms with E-state index >= 15 is 0 Å². The molecule has 0 saturated carbocycles. The topological polar surface area (TPSA) is 43.1 Å². The third-order valence-corrected chi connectivity index (χ3v) is 5.54. The molecule has 0 N–H and O–H groups in total. The van der Waals surface area contributed by atoms with E-state index in [0.29, 0.717) is 26.6 Å². The van der Waals surface area contributed by atoms with Gasteiger partial charge in [-0.05, 0) is 24.3 Å². The lowest BCUT2D eigenvalue weighted by molar-refractivity contribution is 0.762. The molecule has 0 fully saturated rings. The van der Waals surface area contributed by atoms with Gasteiger partial charge in [0.25, 0.3) is 0 Å². The van der Waals surface area contributed by atoms with Crippen molar-refractivity contribution < 1.29 is 0 Å². The van der Waals surface area contributed by atoms with Gasteiger partial charge in [-0.15, -0.1) is 10.2 Å². The van der Waals surface area contributed by atoms with E-state index in [1.807, 2.05) is 36.4 Å². The molecular weight excluding hydrogens is 387 g/mol. The maximum absolute atomic E-state index is 6.28. The zero-order valence-electron chi connectivity index (χ0n) is 12.1. The highest BCUT2D eigenvalue weighted by Crippen LogP contribution is 2.32. The Labute approximate surface area is 157 Å². The Morgan fingerprint density at radius 1 is 0.917 bits per heavy atom. The molecule has 0 spiro atoms. The normalized spacial score (nSPS) is 13.5. The van der Waals surface area contributed by atoms with Crippen LogP contribution in [-0.2, 0) is 0 Å². The molecule has 4 nitrogen and oxygen atoms in total. The molecular formula is C16H9Cl3N4S. The molecule has 2 heterocycles. The Hall–Kier alpha value is -1.53. The third kappa shape index (κ3) is 2.82. The Balaban J connectivity index is 1.82. The molecule has 24 heavy (non-hydrogen) atoms. The van der Waals surface area contributed by atoms with Crippen LogP contribution in [0.1, 0.15) is 5.56 Å². The maximum atomic E-state index is 6.28. The Morgan fingerprint density at radius 3 is 2.54 bits per heavy atom. The molecule has 2 aromatic carbocycles. The number of benzene rings is 2. The summed E-state index contributed by atoms with van der Waals surface area (Å²) < 4.78 is 1.72. The standard InChI is InChI=1S/C16H9Cl3N4S/c17-11-4-2-1-3-10(11)15-20-21-16-23(15)22-14(8-24-16)9-5-6-12(18)13(19)7-9/h1-7H,8H2.